The summed E-state index contributed by atoms with van der Waals surface area (Å²) in [5.41, 5.74) is 3.02. The van der Waals surface area contributed by atoms with Gasteiger partial charge in [0.2, 0.25) is 21.8 Å². The quantitative estimate of drug-likeness (QED) is 0.302. The number of sulfonamides is 1. The Labute approximate surface area is 244 Å². The summed E-state index contributed by atoms with van der Waals surface area (Å²) in [6.45, 7) is 8.20. The number of carbonyl (C=O) groups excluding carboxylic acids is 2. The summed E-state index contributed by atoms with van der Waals surface area (Å²) >= 11 is 0. The standard InChI is InChI=1S/C32H41N3O5S/c1-6-40-30-18-11-10-17-28(30)35(41(5,38)39)23-31(36)34(22-27-16-12-13-25(4)19-27)29(32(37)33-21-24(2)3)20-26-14-8-7-9-15-26/h7-19,24,29H,6,20-23H2,1-5H3,(H,33,37)/t29-/m0/s1. The maximum atomic E-state index is 14.2. The van der Waals surface area contributed by atoms with Crippen LogP contribution in [-0.2, 0) is 32.6 Å². The average Bonchev–Trinajstić information content (AvgIpc) is 2.93. The van der Waals surface area contributed by atoms with Crippen molar-refractivity contribution in [3.8, 4) is 5.75 Å². The van der Waals surface area contributed by atoms with Crippen molar-refractivity contribution in [2.45, 2.75) is 46.7 Å². The van der Waals surface area contributed by atoms with E-state index in [1.54, 1.807) is 31.2 Å². The van der Waals surface area contributed by atoms with Crippen LogP contribution in [0.1, 0.15) is 37.5 Å². The van der Waals surface area contributed by atoms with Crippen molar-refractivity contribution in [2.24, 2.45) is 5.92 Å². The Hall–Kier alpha value is -3.85. The molecule has 0 bridgehead atoms. The van der Waals surface area contributed by atoms with Gasteiger partial charge in [-0.25, -0.2) is 8.42 Å². The molecule has 0 aliphatic heterocycles. The van der Waals surface area contributed by atoms with Crippen molar-refractivity contribution in [2.75, 3.05) is 30.3 Å². The summed E-state index contributed by atoms with van der Waals surface area (Å²) in [5.74, 6) is -0.213. The number of nitrogens with zero attached hydrogens (tertiary/aromatic N) is 2. The zero-order chi connectivity index (χ0) is 30.0. The maximum Gasteiger partial charge on any atom is 0.244 e. The molecule has 9 heteroatoms. The Balaban J connectivity index is 2.07. The zero-order valence-electron chi connectivity index (χ0n) is 24.5. The highest BCUT2D eigenvalue weighted by atomic mass is 32.2. The number of benzene rings is 3. The van der Waals surface area contributed by atoms with Crippen molar-refractivity contribution in [1.29, 1.82) is 0 Å². The number of hydrogen-bond acceptors (Lipinski definition) is 5. The van der Waals surface area contributed by atoms with Crippen LogP contribution in [0.15, 0.2) is 78.9 Å². The summed E-state index contributed by atoms with van der Waals surface area (Å²) in [4.78, 5) is 29.4. The highest BCUT2D eigenvalue weighted by Crippen LogP contribution is 2.30. The normalized spacial score (nSPS) is 12.0. The van der Waals surface area contributed by atoms with E-state index < -0.39 is 28.5 Å². The number of carbonyl (C=O) groups is 2. The van der Waals surface area contributed by atoms with Crippen molar-refractivity contribution < 1.29 is 22.7 Å². The van der Waals surface area contributed by atoms with Crippen LogP contribution in [0.25, 0.3) is 0 Å². The van der Waals surface area contributed by atoms with E-state index in [4.69, 9.17) is 4.74 Å². The number of hydrogen-bond donors (Lipinski definition) is 1. The van der Waals surface area contributed by atoms with Crippen molar-refractivity contribution in [1.82, 2.24) is 10.2 Å². The summed E-state index contributed by atoms with van der Waals surface area (Å²) in [6.07, 6.45) is 1.33. The van der Waals surface area contributed by atoms with Gasteiger partial charge >= 0.3 is 0 Å². The van der Waals surface area contributed by atoms with Crippen molar-refractivity contribution in [3.63, 3.8) is 0 Å². The lowest BCUT2D eigenvalue weighted by Gasteiger charge is -2.34. The SMILES string of the molecule is CCOc1ccccc1N(CC(=O)N(Cc1cccc(C)c1)[C@@H](Cc1ccccc1)C(=O)NCC(C)C)S(C)(=O)=O. The first-order valence-electron chi connectivity index (χ1n) is 13.9. The molecule has 220 valence electrons. The molecule has 3 aromatic carbocycles. The Morgan fingerprint density at radius 1 is 0.927 bits per heavy atom. The highest BCUT2D eigenvalue weighted by Gasteiger charge is 2.33. The highest BCUT2D eigenvalue weighted by molar-refractivity contribution is 7.92. The van der Waals surface area contributed by atoms with E-state index in [2.05, 4.69) is 5.32 Å². The molecular formula is C32H41N3O5S. The second kappa shape index (κ2) is 14.7. The molecule has 0 spiro atoms. The molecule has 1 N–H and O–H groups in total. The van der Waals surface area contributed by atoms with Gasteiger partial charge in [0, 0.05) is 19.5 Å². The van der Waals surface area contributed by atoms with Crippen LogP contribution in [0, 0.1) is 12.8 Å². The first-order chi connectivity index (χ1) is 19.5. The molecule has 1 atom stereocenters. The molecule has 0 fully saturated rings. The molecule has 0 saturated heterocycles. The number of anilines is 1. The summed E-state index contributed by atoms with van der Waals surface area (Å²) < 4.78 is 32.8. The van der Waals surface area contributed by atoms with Crippen molar-refractivity contribution in [3.05, 3.63) is 95.6 Å². The van der Waals surface area contributed by atoms with Crippen LogP contribution in [0.2, 0.25) is 0 Å². The number of ether oxygens (including phenoxy) is 1. The fourth-order valence-corrected chi connectivity index (χ4v) is 5.37. The van der Waals surface area contributed by atoms with Crippen LogP contribution in [-0.4, -0.2) is 57.1 Å². The van der Waals surface area contributed by atoms with Gasteiger partial charge in [-0.1, -0.05) is 86.1 Å². The van der Waals surface area contributed by atoms with Gasteiger partial charge in [0.15, 0.2) is 0 Å². The van der Waals surface area contributed by atoms with Gasteiger partial charge < -0.3 is 15.0 Å². The monoisotopic (exact) mass is 579 g/mol. The molecule has 0 aromatic heterocycles. The lowest BCUT2D eigenvalue weighted by molar-refractivity contribution is -0.140. The van der Waals surface area contributed by atoms with Gasteiger partial charge in [-0.2, -0.15) is 0 Å². The fraction of sp³-hybridized carbons (Fsp3) is 0.375. The van der Waals surface area contributed by atoms with Crippen molar-refractivity contribution >= 4 is 27.5 Å². The zero-order valence-corrected chi connectivity index (χ0v) is 25.4. The first kappa shape index (κ1) is 31.7. The molecule has 0 heterocycles. The van der Waals surface area contributed by atoms with E-state index in [0.717, 1.165) is 27.3 Å². The third-order valence-corrected chi connectivity index (χ3v) is 7.63. The van der Waals surface area contributed by atoms with Gasteiger partial charge in [-0.05, 0) is 43.0 Å². The van der Waals surface area contributed by atoms with E-state index in [1.165, 1.54) is 4.90 Å². The van der Waals surface area contributed by atoms with Gasteiger partial charge in [0.05, 0.1) is 18.6 Å². The van der Waals surface area contributed by atoms with Gasteiger partial charge in [-0.15, -0.1) is 0 Å². The molecule has 0 aliphatic rings. The predicted octanol–water partition coefficient (Wildman–Crippen LogP) is 4.57. The third kappa shape index (κ3) is 9.35. The third-order valence-electron chi connectivity index (χ3n) is 6.50. The van der Waals surface area contributed by atoms with E-state index in [0.29, 0.717) is 18.9 Å². The summed E-state index contributed by atoms with van der Waals surface area (Å²) in [5, 5.41) is 2.99. The lowest BCUT2D eigenvalue weighted by Crippen LogP contribution is -2.53. The second-order valence-electron chi connectivity index (χ2n) is 10.5. The maximum absolute atomic E-state index is 14.2. The number of aryl methyl sites for hydroxylation is 1. The van der Waals surface area contributed by atoms with Crippen LogP contribution < -0.4 is 14.4 Å². The Kier molecular flexibility index (Phi) is 11.3. The van der Waals surface area contributed by atoms with Crippen LogP contribution in [0.3, 0.4) is 0 Å². The molecule has 0 unspecified atom stereocenters. The smallest absolute Gasteiger partial charge is 0.244 e. The Bertz CT molecular complexity index is 1410. The molecule has 41 heavy (non-hydrogen) atoms. The molecule has 3 rings (SSSR count). The van der Waals surface area contributed by atoms with E-state index in [9.17, 15) is 18.0 Å². The second-order valence-corrected chi connectivity index (χ2v) is 12.4. The Morgan fingerprint density at radius 3 is 2.22 bits per heavy atom. The minimum Gasteiger partial charge on any atom is -0.492 e. The number of para-hydroxylation sites is 2. The topological polar surface area (TPSA) is 96.0 Å². The number of rotatable bonds is 14. The van der Waals surface area contributed by atoms with Crippen LogP contribution in [0.4, 0.5) is 5.69 Å². The molecule has 0 saturated carbocycles. The number of nitrogens with one attached hydrogen (secondary N) is 1. The minimum atomic E-state index is -3.89. The molecular weight excluding hydrogens is 538 g/mol. The van der Waals surface area contributed by atoms with E-state index in [-0.39, 0.29) is 30.5 Å². The van der Waals surface area contributed by atoms with Crippen LogP contribution >= 0.6 is 0 Å². The largest absolute Gasteiger partial charge is 0.492 e. The van der Waals surface area contributed by atoms with Gasteiger partial charge in [-0.3, -0.25) is 13.9 Å². The fourth-order valence-electron chi connectivity index (χ4n) is 4.52. The molecule has 0 radical (unpaired) electrons. The van der Waals surface area contributed by atoms with Gasteiger partial charge in [0.25, 0.3) is 0 Å². The van der Waals surface area contributed by atoms with E-state index >= 15 is 0 Å². The molecule has 0 aliphatic carbocycles. The first-order valence-corrected chi connectivity index (χ1v) is 15.7. The van der Waals surface area contributed by atoms with Crippen LogP contribution in [0.5, 0.6) is 5.75 Å². The lowest BCUT2D eigenvalue weighted by atomic mass is 10.0. The Morgan fingerprint density at radius 2 is 1.59 bits per heavy atom. The summed E-state index contributed by atoms with van der Waals surface area (Å²) in [6, 6.07) is 23.1. The average molecular weight is 580 g/mol. The molecule has 8 nitrogen and oxygen atoms in total. The van der Waals surface area contributed by atoms with E-state index in [1.807, 2.05) is 75.4 Å². The molecule has 3 aromatic rings. The van der Waals surface area contributed by atoms with Gasteiger partial charge in [0.1, 0.15) is 18.3 Å². The number of amides is 2. The summed E-state index contributed by atoms with van der Waals surface area (Å²) in [7, 11) is -3.89. The minimum absolute atomic E-state index is 0.137. The predicted molar refractivity (Wildman–Crippen MR) is 163 cm³/mol. The molecule has 2 amide bonds.